The maximum Gasteiger partial charge on any atom is 0.317 e. The fraction of sp³-hybridized carbons (Fsp3) is 0.381. The van der Waals surface area contributed by atoms with Crippen molar-refractivity contribution in [2.24, 2.45) is 11.3 Å². The second kappa shape index (κ2) is 7.69. The molecule has 0 unspecified atom stereocenters. The van der Waals surface area contributed by atoms with E-state index in [1.165, 1.54) is 18.2 Å². The van der Waals surface area contributed by atoms with Crippen molar-refractivity contribution in [3.8, 4) is 11.6 Å². The smallest absolute Gasteiger partial charge is 0.317 e. The molecule has 0 spiro atoms. The third-order valence-electron chi connectivity index (χ3n) is 5.87. The number of carbonyl (C=O) groups is 2. The molecule has 0 radical (unpaired) electrons. The third-order valence-corrected chi connectivity index (χ3v) is 5.87. The van der Waals surface area contributed by atoms with E-state index in [1.54, 1.807) is 29.3 Å². The van der Waals surface area contributed by atoms with Gasteiger partial charge in [-0.1, -0.05) is 18.6 Å². The van der Waals surface area contributed by atoms with Crippen LogP contribution < -0.4 is 10.1 Å². The average Bonchev–Trinajstić information content (AvgIpc) is 3.26. The number of carbonyl (C=O) groups excluding carboxylic acids is 1. The molecule has 1 aromatic carbocycles. The van der Waals surface area contributed by atoms with Crippen molar-refractivity contribution in [3.63, 3.8) is 0 Å². The van der Waals surface area contributed by atoms with Gasteiger partial charge in [0.1, 0.15) is 11.6 Å². The number of aromatic nitrogens is 1. The Labute approximate surface area is 167 Å². The van der Waals surface area contributed by atoms with Gasteiger partial charge in [0.05, 0.1) is 5.41 Å². The number of benzene rings is 1. The van der Waals surface area contributed by atoms with E-state index in [0.29, 0.717) is 24.3 Å². The molecule has 1 saturated heterocycles. The number of carboxylic acid groups (broad SMARTS) is 1. The largest absolute Gasteiger partial charge is 0.481 e. The van der Waals surface area contributed by atoms with Crippen LogP contribution in [0.5, 0.6) is 11.6 Å². The van der Waals surface area contributed by atoms with Crippen molar-refractivity contribution in [2.75, 3.05) is 13.1 Å². The molecule has 2 atom stereocenters. The van der Waals surface area contributed by atoms with E-state index in [0.717, 1.165) is 12.8 Å². The highest BCUT2D eigenvalue weighted by atomic mass is 19.1. The van der Waals surface area contributed by atoms with Crippen LogP contribution in [-0.2, 0) is 11.3 Å². The molecule has 1 saturated carbocycles. The summed E-state index contributed by atoms with van der Waals surface area (Å²) in [7, 11) is 0. The lowest BCUT2D eigenvalue weighted by Gasteiger charge is -2.23. The minimum absolute atomic E-state index is 0.0102. The summed E-state index contributed by atoms with van der Waals surface area (Å²) in [4.78, 5) is 30.2. The van der Waals surface area contributed by atoms with Crippen LogP contribution >= 0.6 is 0 Å². The zero-order chi connectivity index (χ0) is 20.4. The number of nitrogens with zero attached hydrogens (tertiary/aromatic N) is 2. The summed E-state index contributed by atoms with van der Waals surface area (Å²) in [5.41, 5.74) is -0.172. The molecule has 1 aliphatic carbocycles. The predicted octanol–water partition coefficient (Wildman–Crippen LogP) is 3.41. The number of nitrogens with one attached hydrogen (secondary N) is 1. The normalized spacial score (nSPS) is 22.9. The molecule has 152 valence electrons. The molecule has 29 heavy (non-hydrogen) atoms. The summed E-state index contributed by atoms with van der Waals surface area (Å²) in [6, 6.07) is 8.92. The zero-order valence-electron chi connectivity index (χ0n) is 15.8. The molecule has 4 rings (SSSR count). The zero-order valence-corrected chi connectivity index (χ0v) is 15.8. The number of ether oxygens (including phenoxy) is 1. The van der Waals surface area contributed by atoms with Crippen molar-refractivity contribution in [3.05, 3.63) is 54.0 Å². The highest BCUT2D eigenvalue weighted by Gasteiger charge is 2.55. The number of hydrogen-bond donors (Lipinski definition) is 2. The molecule has 1 aliphatic heterocycles. The Hall–Kier alpha value is -3.16. The van der Waals surface area contributed by atoms with Gasteiger partial charge >= 0.3 is 12.0 Å². The van der Waals surface area contributed by atoms with Gasteiger partial charge in [-0.05, 0) is 37.0 Å². The Morgan fingerprint density at radius 3 is 2.97 bits per heavy atom. The van der Waals surface area contributed by atoms with Crippen LogP contribution in [0.4, 0.5) is 9.18 Å². The first-order valence-electron chi connectivity index (χ1n) is 9.61. The molecule has 1 aromatic heterocycles. The molecule has 2 heterocycles. The van der Waals surface area contributed by atoms with Gasteiger partial charge in [-0.15, -0.1) is 0 Å². The first kappa shape index (κ1) is 19.2. The highest BCUT2D eigenvalue weighted by molar-refractivity contribution is 5.80. The number of aliphatic carboxylic acids is 1. The average molecular weight is 399 g/mol. The first-order valence-corrected chi connectivity index (χ1v) is 9.61. The number of hydrogen-bond acceptors (Lipinski definition) is 4. The molecule has 2 amide bonds. The van der Waals surface area contributed by atoms with Gasteiger partial charge in [-0.3, -0.25) is 4.79 Å². The number of likely N-dealkylation sites (tertiary alicyclic amines) is 1. The van der Waals surface area contributed by atoms with E-state index in [2.05, 4.69) is 10.3 Å². The van der Waals surface area contributed by atoms with Crippen molar-refractivity contribution in [1.29, 1.82) is 0 Å². The van der Waals surface area contributed by atoms with Crippen molar-refractivity contribution >= 4 is 12.0 Å². The fourth-order valence-electron chi connectivity index (χ4n) is 4.37. The Morgan fingerprint density at radius 2 is 2.21 bits per heavy atom. The Morgan fingerprint density at radius 1 is 1.34 bits per heavy atom. The maximum absolute atomic E-state index is 13.4. The van der Waals surface area contributed by atoms with E-state index in [9.17, 15) is 19.1 Å². The Bertz CT molecular complexity index is 938. The lowest BCUT2D eigenvalue weighted by Crippen LogP contribution is -2.41. The van der Waals surface area contributed by atoms with Crippen molar-refractivity contribution in [2.45, 2.75) is 25.8 Å². The van der Waals surface area contributed by atoms with Gasteiger partial charge in [0.2, 0.25) is 5.88 Å². The first-order chi connectivity index (χ1) is 14.0. The van der Waals surface area contributed by atoms with Crippen LogP contribution in [0.3, 0.4) is 0 Å². The van der Waals surface area contributed by atoms with Gasteiger partial charge in [0, 0.05) is 37.5 Å². The predicted molar refractivity (Wildman–Crippen MR) is 102 cm³/mol. The van der Waals surface area contributed by atoms with Gasteiger partial charge in [-0.25, -0.2) is 14.2 Å². The Balaban J connectivity index is 1.41. The summed E-state index contributed by atoms with van der Waals surface area (Å²) in [6.07, 6.45) is 3.90. The maximum atomic E-state index is 13.4. The molecule has 7 nitrogen and oxygen atoms in total. The summed E-state index contributed by atoms with van der Waals surface area (Å²) >= 11 is 0. The summed E-state index contributed by atoms with van der Waals surface area (Å²) in [5.74, 6) is -0.629. The van der Waals surface area contributed by atoms with E-state index >= 15 is 0 Å². The van der Waals surface area contributed by atoms with Crippen molar-refractivity contribution in [1.82, 2.24) is 15.2 Å². The highest BCUT2D eigenvalue weighted by Crippen LogP contribution is 2.48. The van der Waals surface area contributed by atoms with Crippen molar-refractivity contribution < 1.29 is 23.8 Å². The van der Waals surface area contributed by atoms with Crippen LogP contribution in [0.15, 0.2) is 42.6 Å². The molecule has 2 fully saturated rings. The molecule has 0 bridgehead atoms. The molecular weight excluding hydrogens is 377 g/mol. The lowest BCUT2D eigenvalue weighted by atomic mass is 9.81. The Kier molecular flexibility index (Phi) is 5.08. The minimum Gasteiger partial charge on any atom is -0.481 e. The quantitative estimate of drug-likeness (QED) is 0.804. The van der Waals surface area contributed by atoms with Crippen LogP contribution in [0, 0.1) is 17.2 Å². The van der Waals surface area contributed by atoms with Crippen LogP contribution in [0.25, 0.3) is 0 Å². The van der Waals surface area contributed by atoms with Gasteiger partial charge in [-0.2, -0.15) is 0 Å². The molecule has 2 aromatic rings. The van der Waals surface area contributed by atoms with Crippen LogP contribution in [-0.4, -0.2) is 40.1 Å². The second-order valence-electron chi connectivity index (χ2n) is 7.62. The molecular formula is C21H22FN3O4. The van der Waals surface area contributed by atoms with E-state index in [1.807, 2.05) is 0 Å². The second-order valence-corrected chi connectivity index (χ2v) is 7.62. The number of rotatable bonds is 5. The number of carboxylic acids is 1. The number of halogens is 1. The summed E-state index contributed by atoms with van der Waals surface area (Å²) in [6.45, 7) is 0.856. The van der Waals surface area contributed by atoms with Crippen LogP contribution in [0.2, 0.25) is 0 Å². The lowest BCUT2D eigenvalue weighted by molar-refractivity contribution is -0.149. The number of amides is 2. The number of urea groups is 1. The number of fused-ring (bicyclic) bond motifs is 1. The third kappa shape index (κ3) is 3.74. The van der Waals surface area contributed by atoms with E-state index in [-0.39, 0.29) is 30.9 Å². The van der Waals surface area contributed by atoms with E-state index in [4.69, 9.17) is 4.74 Å². The molecule has 8 heteroatoms. The topological polar surface area (TPSA) is 91.8 Å². The van der Waals surface area contributed by atoms with Gasteiger partial charge in [0.15, 0.2) is 0 Å². The number of pyridine rings is 1. The van der Waals surface area contributed by atoms with Gasteiger partial charge in [0.25, 0.3) is 0 Å². The summed E-state index contributed by atoms with van der Waals surface area (Å²) in [5, 5.41) is 12.5. The standard InChI is InChI=1S/C21H22FN3O4/c22-16-6-1-7-17(10-16)29-18-14(4-3-9-23-18)11-24-20(28)25-12-15-5-2-8-21(15,13-25)19(26)27/h1,3-4,6-7,9-10,15H,2,5,8,11-13H2,(H,24,28)(H,26,27)/t15-,21+/m0/s1. The molecule has 2 N–H and O–H groups in total. The van der Waals surface area contributed by atoms with E-state index < -0.39 is 17.2 Å². The monoisotopic (exact) mass is 399 g/mol. The van der Waals surface area contributed by atoms with Crippen LogP contribution in [0.1, 0.15) is 24.8 Å². The molecule has 2 aliphatic rings. The van der Waals surface area contributed by atoms with Gasteiger partial charge < -0.3 is 20.1 Å². The SMILES string of the molecule is O=C(NCc1cccnc1Oc1cccc(F)c1)N1C[C@@H]2CCC[C@@]2(C(=O)O)C1. The fourth-order valence-corrected chi connectivity index (χ4v) is 4.37. The summed E-state index contributed by atoms with van der Waals surface area (Å²) < 4.78 is 19.0. The minimum atomic E-state index is -0.812.